The molecular weight excluding hydrogens is 350 g/mol. The summed E-state index contributed by atoms with van der Waals surface area (Å²) in [6.45, 7) is 1.53. The molecule has 5 nitrogen and oxygen atoms in total. The number of carbonyl (C=O) groups excluding carboxylic acids is 2. The fraction of sp³-hybridized carbons (Fsp3) is 0.565. The fourth-order valence-electron chi connectivity index (χ4n) is 4.89. The Labute approximate surface area is 165 Å². The summed E-state index contributed by atoms with van der Waals surface area (Å²) in [6, 6.07) is 6.24. The number of amides is 2. The van der Waals surface area contributed by atoms with E-state index in [2.05, 4.69) is 16.4 Å². The summed E-state index contributed by atoms with van der Waals surface area (Å²) in [7, 11) is 0. The van der Waals surface area contributed by atoms with E-state index in [1.165, 1.54) is 35.9 Å². The molecule has 2 heterocycles. The molecule has 5 heteroatoms. The van der Waals surface area contributed by atoms with Crippen LogP contribution < -0.4 is 5.32 Å². The molecule has 0 atom stereocenters. The summed E-state index contributed by atoms with van der Waals surface area (Å²) >= 11 is 0. The SMILES string of the molecule is O=C(NC1CCN(C(=O)C2CC2)CC1)c1cccc2c3c([nH]c12)CCCCC3. The predicted octanol–water partition coefficient (Wildman–Crippen LogP) is 3.57. The molecule has 28 heavy (non-hydrogen) atoms. The van der Waals surface area contributed by atoms with Gasteiger partial charge in [0.15, 0.2) is 0 Å². The number of aryl methyl sites for hydroxylation is 2. The minimum atomic E-state index is 0.00831. The Kier molecular flexibility index (Phi) is 4.61. The summed E-state index contributed by atoms with van der Waals surface area (Å²) in [5.41, 5.74) is 4.48. The predicted molar refractivity (Wildman–Crippen MR) is 109 cm³/mol. The van der Waals surface area contributed by atoms with Gasteiger partial charge < -0.3 is 15.2 Å². The van der Waals surface area contributed by atoms with Crippen molar-refractivity contribution in [3.8, 4) is 0 Å². The van der Waals surface area contributed by atoms with E-state index in [4.69, 9.17) is 0 Å². The van der Waals surface area contributed by atoms with E-state index >= 15 is 0 Å². The number of likely N-dealkylation sites (tertiary alicyclic amines) is 1. The highest BCUT2D eigenvalue weighted by molar-refractivity contribution is 6.07. The fourth-order valence-corrected chi connectivity index (χ4v) is 4.89. The number of nitrogens with one attached hydrogen (secondary N) is 2. The van der Waals surface area contributed by atoms with Crippen LogP contribution in [0.5, 0.6) is 0 Å². The number of aromatic nitrogens is 1. The lowest BCUT2D eigenvalue weighted by molar-refractivity contribution is -0.133. The largest absolute Gasteiger partial charge is 0.358 e. The van der Waals surface area contributed by atoms with E-state index in [0.29, 0.717) is 5.91 Å². The van der Waals surface area contributed by atoms with Crippen LogP contribution in [0.1, 0.15) is 66.6 Å². The lowest BCUT2D eigenvalue weighted by atomic mass is 10.0. The Bertz CT molecular complexity index is 904. The zero-order valence-electron chi connectivity index (χ0n) is 16.4. The topological polar surface area (TPSA) is 65.2 Å². The molecule has 2 fully saturated rings. The maximum atomic E-state index is 13.0. The van der Waals surface area contributed by atoms with E-state index in [0.717, 1.165) is 62.7 Å². The van der Waals surface area contributed by atoms with Gasteiger partial charge in [0.25, 0.3) is 5.91 Å². The second-order valence-electron chi connectivity index (χ2n) is 8.72. The van der Waals surface area contributed by atoms with Crippen molar-refractivity contribution in [3.63, 3.8) is 0 Å². The monoisotopic (exact) mass is 379 g/mol. The van der Waals surface area contributed by atoms with Crippen molar-refractivity contribution in [2.24, 2.45) is 5.92 Å². The third-order valence-electron chi connectivity index (χ3n) is 6.70. The maximum absolute atomic E-state index is 13.0. The third-order valence-corrected chi connectivity index (χ3v) is 6.70. The molecule has 0 radical (unpaired) electrons. The first-order valence-corrected chi connectivity index (χ1v) is 10.9. The van der Waals surface area contributed by atoms with E-state index in [1.807, 2.05) is 17.0 Å². The molecule has 0 spiro atoms. The van der Waals surface area contributed by atoms with Crippen molar-refractivity contribution < 1.29 is 9.59 Å². The highest BCUT2D eigenvalue weighted by Gasteiger charge is 2.35. The minimum absolute atomic E-state index is 0.00831. The number of benzene rings is 1. The molecular formula is C23H29N3O2. The van der Waals surface area contributed by atoms with E-state index in [1.54, 1.807) is 0 Å². The third kappa shape index (κ3) is 3.31. The van der Waals surface area contributed by atoms with Crippen LogP contribution in [0.15, 0.2) is 18.2 Å². The van der Waals surface area contributed by atoms with Gasteiger partial charge in [-0.2, -0.15) is 0 Å². The van der Waals surface area contributed by atoms with Crippen LogP contribution in [-0.2, 0) is 17.6 Å². The number of para-hydroxylation sites is 1. The number of carbonyl (C=O) groups is 2. The summed E-state index contributed by atoms with van der Waals surface area (Å²) in [5.74, 6) is 0.614. The zero-order valence-corrected chi connectivity index (χ0v) is 16.4. The molecule has 2 aliphatic carbocycles. The average Bonchev–Trinajstić information content (AvgIpc) is 3.53. The number of fused-ring (bicyclic) bond motifs is 3. The molecule has 1 aromatic heterocycles. The average molecular weight is 380 g/mol. The molecule has 1 aliphatic heterocycles. The van der Waals surface area contributed by atoms with Crippen molar-refractivity contribution in [1.82, 2.24) is 15.2 Å². The van der Waals surface area contributed by atoms with Gasteiger partial charge in [-0.05, 0) is 63.0 Å². The van der Waals surface area contributed by atoms with E-state index in [-0.39, 0.29) is 17.9 Å². The number of hydrogen-bond acceptors (Lipinski definition) is 2. The molecule has 0 bridgehead atoms. The molecule has 3 aliphatic rings. The summed E-state index contributed by atoms with van der Waals surface area (Å²) < 4.78 is 0. The normalized spacial score (nSPS) is 20.6. The first kappa shape index (κ1) is 17.8. The molecule has 2 aromatic rings. The summed E-state index contributed by atoms with van der Waals surface area (Å²) in [5, 5.41) is 4.44. The van der Waals surface area contributed by atoms with Gasteiger partial charge in [-0.25, -0.2) is 0 Å². The molecule has 1 saturated carbocycles. The molecule has 2 N–H and O–H groups in total. The Hall–Kier alpha value is -2.30. The number of nitrogens with zero attached hydrogens (tertiary/aromatic N) is 1. The van der Waals surface area contributed by atoms with Crippen LogP contribution in [0.2, 0.25) is 0 Å². The first-order chi connectivity index (χ1) is 13.7. The smallest absolute Gasteiger partial charge is 0.253 e. The van der Waals surface area contributed by atoms with Gasteiger partial charge in [-0.1, -0.05) is 18.6 Å². The van der Waals surface area contributed by atoms with Gasteiger partial charge in [-0.3, -0.25) is 9.59 Å². The number of H-pyrrole nitrogens is 1. The lowest BCUT2D eigenvalue weighted by Gasteiger charge is -2.32. The molecule has 0 unspecified atom stereocenters. The van der Waals surface area contributed by atoms with Crippen LogP contribution in [0.3, 0.4) is 0 Å². The van der Waals surface area contributed by atoms with Crippen molar-refractivity contribution in [2.75, 3.05) is 13.1 Å². The van der Waals surface area contributed by atoms with Gasteiger partial charge in [0.05, 0.1) is 11.1 Å². The van der Waals surface area contributed by atoms with Gasteiger partial charge >= 0.3 is 0 Å². The quantitative estimate of drug-likeness (QED) is 0.801. The molecule has 1 aromatic carbocycles. The van der Waals surface area contributed by atoms with Crippen LogP contribution >= 0.6 is 0 Å². The molecule has 5 rings (SSSR count). The number of hydrogen-bond donors (Lipinski definition) is 2. The molecule has 1 saturated heterocycles. The van der Waals surface area contributed by atoms with Gasteiger partial charge in [0.1, 0.15) is 0 Å². The van der Waals surface area contributed by atoms with Crippen LogP contribution in [0, 0.1) is 5.92 Å². The standard InChI is InChI=1S/C23H29N3O2/c27-22(24-16-11-13-26(14-12-16)23(28)15-9-10-15)19-7-4-6-18-17-5-2-1-3-8-20(17)25-21(18)19/h4,6-7,15-16,25H,1-3,5,8-14H2,(H,24,27). The number of aromatic amines is 1. The van der Waals surface area contributed by atoms with Crippen molar-refractivity contribution in [1.29, 1.82) is 0 Å². The maximum Gasteiger partial charge on any atom is 0.253 e. The Balaban J connectivity index is 1.29. The Morgan fingerprint density at radius 2 is 1.79 bits per heavy atom. The van der Waals surface area contributed by atoms with Gasteiger partial charge in [-0.15, -0.1) is 0 Å². The minimum Gasteiger partial charge on any atom is -0.358 e. The highest BCUT2D eigenvalue weighted by Crippen LogP contribution is 2.32. The molecule has 2 amide bonds. The van der Waals surface area contributed by atoms with Crippen LogP contribution in [0.25, 0.3) is 10.9 Å². The second kappa shape index (κ2) is 7.26. The van der Waals surface area contributed by atoms with Crippen molar-refractivity contribution in [3.05, 3.63) is 35.0 Å². The highest BCUT2D eigenvalue weighted by atomic mass is 16.2. The van der Waals surface area contributed by atoms with Gasteiger partial charge in [0, 0.05) is 36.1 Å². The van der Waals surface area contributed by atoms with Crippen LogP contribution in [0.4, 0.5) is 0 Å². The van der Waals surface area contributed by atoms with Crippen molar-refractivity contribution in [2.45, 2.75) is 63.8 Å². The molecule has 148 valence electrons. The number of piperidine rings is 1. The van der Waals surface area contributed by atoms with Gasteiger partial charge in [0.2, 0.25) is 5.91 Å². The zero-order chi connectivity index (χ0) is 19.1. The van der Waals surface area contributed by atoms with E-state index < -0.39 is 0 Å². The summed E-state index contributed by atoms with van der Waals surface area (Å²) in [4.78, 5) is 30.8. The second-order valence-corrected chi connectivity index (χ2v) is 8.72. The van der Waals surface area contributed by atoms with Crippen molar-refractivity contribution >= 4 is 22.7 Å². The summed E-state index contributed by atoms with van der Waals surface area (Å²) in [6.07, 6.45) is 9.73. The lowest BCUT2D eigenvalue weighted by Crippen LogP contribution is -2.47. The van der Waals surface area contributed by atoms with E-state index in [9.17, 15) is 9.59 Å². The Morgan fingerprint density at radius 3 is 2.57 bits per heavy atom. The number of rotatable bonds is 3. The van der Waals surface area contributed by atoms with Crippen LogP contribution in [-0.4, -0.2) is 40.8 Å². The Morgan fingerprint density at radius 1 is 1.00 bits per heavy atom. The first-order valence-electron chi connectivity index (χ1n) is 10.9.